The lowest BCUT2D eigenvalue weighted by atomic mass is 9.98. The Kier molecular flexibility index (Phi) is 5.82. The lowest BCUT2D eigenvalue weighted by Gasteiger charge is -2.35. The second-order valence-electron chi connectivity index (χ2n) is 6.61. The second-order valence-corrected chi connectivity index (χ2v) is 6.61. The fourth-order valence-corrected chi connectivity index (χ4v) is 3.75. The molecule has 9 heteroatoms. The van der Waals surface area contributed by atoms with Crippen LogP contribution in [-0.2, 0) is 11.3 Å². The molecular weight excluding hydrogens is 334 g/mol. The minimum Gasteiger partial charge on any atom is -0.358 e. The van der Waals surface area contributed by atoms with Crippen LogP contribution in [0, 0.1) is 17.0 Å². The van der Waals surface area contributed by atoms with E-state index in [9.17, 15) is 14.9 Å². The van der Waals surface area contributed by atoms with Gasteiger partial charge >= 0.3 is 5.82 Å². The van der Waals surface area contributed by atoms with E-state index in [1.807, 2.05) is 11.9 Å². The number of carbonyl (C=O) groups is 1. The van der Waals surface area contributed by atoms with Gasteiger partial charge in [0.15, 0.2) is 0 Å². The topological polar surface area (TPSA) is 93.3 Å². The van der Waals surface area contributed by atoms with Crippen LogP contribution >= 0.6 is 12.4 Å². The predicted molar refractivity (Wildman–Crippen MR) is 91.2 cm³/mol. The molecule has 1 amide bonds. The average Bonchev–Trinajstić information content (AvgIpc) is 3.06. The molecule has 2 fully saturated rings. The minimum absolute atomic E-state index is 0. The number of aryl methyl sites for hydroxylation is 2. The molecule has 2 aliphatic heterocycles. The van der Waals surface area contributed by atoms with E-state index < -0.39 is 4.92 Å². The van der Waals surface area contributed by atoms with Gasteiger partial charge in [0, 0.05) is 45.1 Å². The van der Waals surface area contributed by atoms with Crippen LogP contribution in [0.25, 0.3) is 0 Å². The highest BCUT2D eigenvalue weighted by Crippen LogP contribution is 2.29. The van der Waals surface area contributed by atoms with Gasteiger partial charge in [-0.15, -0.1) is 12.4 Å². The van der Waals surface area contributed by atoms with Gasteiger partial charge in [-0.25, -0.2) is 0 Å². The van der Waals surface area contributed by atoms with Crippen molar-refractivity contribution >= 4 is 24.1 Å². The number of carbonyl (C=O) groups excluding carboxylic acids is 1. The highest BCUT2D eigenvalue weighted by atomic mass is 35.5. The van der Waals surface area contributed by atoms with E-state index in [0.717, 1.165) is 12.8 Å². The van der Waals surface area contributed by atoms with Gasteiger partial charge in [0.2, 0.25) is 11.7 Å². The Morgan fingerprint density at radius 1 is 1.46 bits per heavy atom. The maximum atomic E-state index is 12.4. The Labute approximate surface area is 147 Å². The maximum Gasteiger partial charge on any atom is 0.381 e. The first-order valence-corrected chi connectivity index (χ1v) is 8.14. The summed E-state index contributed by atoms with van der Waals surface area (Å²) in [4.78, 5) is 28.4. The Bertz CT molecular complexity index is 608. The van der Waals surface area contributed by atoms with Gasteiger partial charge in [-0.3, -0.25) is 4.79 Å². The van der Waals surface area contributed by atoms with Gasteiger partial charge in [-0.05, 0) is 35.6 Å². The number of halogens is 1. The molecule has 134 valence electrons. The Morgan fingerprint density at radius 3 is 2.62 bits per heavy atom. The lowest BCUT2D eigenvalue weighted by molar-refractivity contribution is -0.389. The molecule has 1 N–H and O–H groups in total. The number of aromatic nitrogens is 2. The number of nitrogens with zero attached hydrogens (tertiary/aromatic N) is 4. The Morgan fingerprint density at radius 2 is 2.08 bits per heavy atom. The van der Waals surface area contributed by atoms with E-state index in [1.165, 1.54) is 19.0 Å². The first kappa shape index (κ1) is 18.7. The fraction of sp³-hybridized carbons (Fsp3) is 0.733. The minimum atomic E-state index is -0.512. The molecule has 0 saturated carbocycles. The quantitative estimate of drug-likeness (QED) is 0.638. The largest absolute Gasteiger partial charge is 0.381 e. The first-order valence-electron chi connectivity index (χ1n) is 8.14. The number of hydrogen-bond donors (Lipinski definition) is 1. The molecule has 2 aliphatic rings. The number of rotatable bonds is 5. The molecule has 24 heavy (non-hydrogen) atoms. The van der Waals surface area contributed by atoms with Gasteiger partial charge < -0.3 is 24.9 Å². The van der Waals surface area contributed by atoms with Crippen LogP contribution in [0.2, 0.25) is 0 Å². The maximum absolute atomic E-state index is 12.4. The molecule has 2 bridgehead atoms. The smallest absolute Gasteiger partial charge is 0.358 e. The van der Waals surface area contributed by atoms with Crippen LogP contribution in [0.5, 0.6) is 0 Å². The van der Waals surface area contributed by atoms with E-state index in [1.54, 1.807) is 11.5 Å². The molecule has 1 aromatic rings. The molecule has 3 heterocycles. The highest BCUT2D eigenvalue weighted by molar-refractivity contribution is 5.85. The molecule has 1 aromatic heterocycles. The number of amides is 1. The van der Waals surface area contributed by atoms with Gasteiger partial charge in [0.05, 0.1) is 0 Å². The molecule has 2 unspecified atom stereocenters. The summed E-state index contributed by atoms with van der Waals surface area (Å²) in [5.74, 6) is 0.484. The normalized spacial score (nSPS) is 25.2. The predicted octanol–water partition coefficient (Wildman–Crippen LogP) is 1.65. The van der Waals surface area contributed by atoms with Crippen LogP contribution < -0.4 is 5.32 Å². The standard InChI is InChI=1S/C15H23N5O3.ClH/c1-10-16-14(20(22)23)9-19(10)6-5-15(21)18(2)13-7-11-3-4-12(8-13)17-11;/h9,11-13,17H,3-8H2,1-2H3;1H. The zero-order chi connectivity index (χ0) is 16.6. The Hall–Kier alpha value is -1.67. The van der Waals surface area contributed by atoms with Crippen molar-refractivity contribution in [2.45, 2.75) is 63.7 Å². The fourth-order valence-electron chi connectivity index (χ4n) is 3.75. The summed E-state index contributed by atoms with van der Waals surface area (Å²) in [7, 11) is 1.88. The van der Waals surface area contributed by atoms with Gasteiger partial charge in [-0.2, -0.15) is 0 Å². The molecule has 3 rings (SSSR count). The highest BCUT2D eigenvalue weighted by Gasteiger charge is 2.36. The number of imidazole rings is 1. The summed E-state index contributed by atoms with van der Waals surface area (Å²) in [6, 6.07) is 1.40. The number of hydrogen-bond acceptors (Lipinski definition) is 5. The number of fused-ring (bicyclic) bond motifs is 2. The summed E-state index contributed by atoms with van der Waals surface area (Å²) in [6.45, 7) is 2.14. The van der Waals surface area contributed by atoms with Crippen molar-refractivity contribution in [2.75, 3.05) is 7.05 Å². The summed E-state index contributed by atoms with van der Waals surface area (Å²) in [5.41, 5.74) is 0. The van der Waals surface area contributed by atoms with Crippen LogP contribution in [-0.4, -0.2) is 50.5 Å². The van der Waals surface area contributed by atoms with E-state index >= 15 is 0 Å². The van der Waals surface area contributed by atoms with Crippen molar-refractivity contribution in [1.82, 2.24) is 19.8 Å². The van der Waals surface area contributed by atoms with E-state index in [-0.39, 0.29) is 24.1 Å². The van der Waals surface area contributed by atoms with Crippen molar-refractivity contribution in [3.8, 4) is 0 Å². The Balaban J connectivity index is 0.00000208. The monoisotopic (exact) mass is 357 g/mol. The molecule has 2 saturated heterocycles. The summed E-state index contributed by atoms with van der Waals surface area (Å²) >= 11 is 0. The number of nitro groups is 1. The molecular formula is C15H24ClN5O3. The molecule has 2 atom stereocenters. The van der Waals surface area contributed by atoms with Crippen molar-refractivity contribution in [3.05, 3.63) is 22.1 Å². The summed E-state index contributed by atoms with van der Waals surface area (Å²) in [6.07, 6.45) is 6.20. The van der Waals surface area contributed by atoms with Crippen molar-refractivity contribution in [3.63, 3.8) is 0 Å². The zero-order valence-electron chi connectivity index (χ0n) is 14.0. The summed E-state index contributed by atoms with van der Waals surface area (Å²) in [5, 5.41) is 14.3. The molecule has 0 aromatic carbocycles. The molecule has 0 radical (unpaired) electrons. The third kappa shape index (κ3) is 3.87. The van der Waals surface area contributed by atoms with Crippen molar-refractivity contribution < 1.29 is 9.72 Å². The van der Waals surface area contributed by atoms with Crippen molar-refractivity contribution in [2.24, 2.45) is 0 Å². The molecule has 0 spiro atoms. The molecule has 8 nitrogen and oxygen atoms in total. The third-order valence-corrected chi connectivity index (χ3v) is 5.11. The number of piperidine rings is 1. The zero-order valence-corrected chi connectivity index (χ0v) is 14.8. The average molecular weight is 358 g/mol. The van der Waals surface area contributed by atoms with E-state index in [4.69, 9.17) is 0 Å². The van der Waals surface area contributed by atoms with Crippen molar-refractivity contribution in [1.29, 1.82) is 0 Å². The van der Waals surface area contributed by atoms with E-state index in [2.05, 4.69) is 10.3 Å². The van der Waals surface area contributed by atoms with Crippen LogP contribution in [0.4, 0.5) is 5.82 Å². The second kappa shape index (κ2) is 7.48. The molecule has 0 aliphatic carbocycles. The third-order valence-electron chi connectivity index (χ3n) is 5.11. The number of nitrogens with one attached hydrogen (secondary N) is 1. The van der Waals surface area contributed by atoms with Gasteiger partial charge in [0.1, 0.15) is 6.20 Å². The van der Waals surface area contributed by atoms with Gasteiger partial charge in [-0.1, -0.05) is 0 Å². The lowest BCUT2D eigenvalue weighted by Crippen LogP contribution is -2.48. The van der Waals surface area contributed by atoms with Crippen LogP contribution in [0.1, 0.15) is 37.9 Å². The summed E-state index contributed by atoms with van der Waals surface area (Å²) < 4.78 is 1.68. The van der Waals surface area contributed by atoms with E-state index in [0.29, 0.717) is 36.9 Å². The van der Waals surface area contributed by atoms with Gasteiger partial charge in [0.25, 0.3) is 0 Å². The van der Waals surface area contributed by atoms with Crippen LogP contribution in [0.3, 0.4) is 0 Å². The first-order chi connectivity index (χ1) is 10.9. The van der Waals surface area contributed by atoms with Crippen LogP contribution in [0.15, 0.2) is 6.20 Å². The SMILES string of the molecule is Cc1nc([N+](=O)[O-])cn1CCC(=O)N(C)C1CC2CCC(C1)N2.Cl.